The smallest absolute Gasteiger partial charge is 0.300 e. The summed E-state index contributed by atoms with van der Waals surface area (Å²) in [6.07, 6.45) is 0.785. The Labute approximate surface area is 207 Å². The number of amides is 1. The van der Waals surface area contributed by atoms with Crippen LogP contribution in [0.15, 0.2) is 72.3 Å². The average Bonchev–Trinajstić information content (AvgIpc) is 3.15. The number of hydrogen-bond acceptors (Lipinski definition) is 5. The standard InChI is InChI=1S/C28H25F2NO5/c1-3-14-36-21-7-5-6-18(15-21)26(32)24-25(17-8-11-20(12-9-17)35-4-2)31(28(34)27(24)33)19-10-13-22(29)23(30)16-19/h5-13,15-16,25,32H,3-4,14H2,1-2H3/b26-24+. The summed E-state index contributed by atoms with van der Waals surface area (Å²) in [7, 11) is 0. The number of aliphatic hydroxyl groups excluding tert-OH is 1. The number of anilines is 1. The van der Waals surface area contributed by atoms with E-state index in [2.05, 4.69) is 0 Å². The summed E-state index contributed by atoms with van der Waals surface area (Å²) in [6.45, 7) is 4.71. The van der Waals surface area contributed by atoms with Crippen LogP contribution in [0.4, 0.5) is 14.5 Å². The molecule has 3 aromatic rings. The highest BCUT2D eigenvalue weighted by atomic mass is 19.2. The first-order valence-corrected chi connectivity index (χ1v) is 11.6. The van der Waals surface area contributed by atoms with Gasteiger partial charge in [0.2, 0.25) is 0 Å². The number of nitrogens with zero attached hydrogens (tertiary/aromatic N) is 1. The summed E-state index contributed by atoms with van der Waals surface area (Å²) < 4.78 is 38.8. The van der Waals surface area contributed by atoms with Crippen molar-refractivity contribution in [3.63, 3.8) is 0 Å². The summed E-state index contributed by atoms with van der Waals surface area (Å²) in [5.74, 6) is -3.51. The lowest BCUT2D eigenvalue weighted by Gasteiger charge is -2.25. The molecule has 1 atom stereocenters. The van der Waals surface area contributed by atoms with Gasteiger partial charge in [0.1, 0.15) is 17.3 Å². The van der Waals surface area contributed by atoms with E-state index in [1.165, 1.54) is 6.07 Å². The summed E-state index contributed by atoms with van der Waals surface area (Å²) in [4.78, 5) is 27.5. The number of ketones is 1. The molecule has 0 radical (unpaired) electrons. The fraction of sp³-hybridized carbons (Fsp3) is 0.214. The summed E-state index contributed by atoms with van der Waals surface area (Å²) in [5.41, 5.74) is 0.556. The molecule has 1 unspecified atom stereocenters. The minimum Gasteiger partial charge on any atom is -0.507 e. The van der Waals surface area contributed by atoms with Crippen LogP contribution in [0.1, 0.15) is 37.4 Å². The molecule has 0 saturated carbocycles. The first-order valence-electron chi connectivity index (χ1n) is 11.6. The largest absolute Gasteiger partial charge is 0.507 e. The minimum absolute atomic E-state index is 0.0195. The molecule has 4 rings (SSSR count). The van der Waals surface area contributed by atoms with Gasteiger partial charge in [0.25, 0.3) is 11.7 Å². The SMILES string of the molecule is CCCOc1cccc(/C(O)=C2\C(=O)C(=O)N(c3ccc(F)c(F)c3)C2c2ccc(OCC)cc2)c1. The summed E-state index contributed by atoms with van der Waals surface area (Å²) in [5, 5.41) is 11.3. The molecule has 1 heterocycles. The molecular weight excluding hydrogens is 468 g/mol. The maximum atomic E-state index is 14.1. The quantitative estimate of drug-likeness (QED) is 0.245. The Morgan fingerprint density at radius 2 is 1.67 bits per heavy atom. The van der Waals surface area contributed by atoms with Gasteiger partial charge in [-0.3, -0.25) is 14.5 Å². The van der Waals surface area contributed by atoms with E-state index < -0.39 is 35.1 Å². The molecule has 1 fully saturated rings. The van der Waals surface area contributed by atoms with Crippen molar-refractivity contribution in [3.05, 3.63) is 95.1 Å². The van der Waals surface area contributed by atoms with E-state index in [1.54, 1.807) is 48.5 Å². The monoisotopic (exact) mass is 493 g/mol. The molecule has 1 amide bonds. The third-order valence-electron chi connectivity index (χ3n) is 5.71. The van der Waals surface area contributed by atoms with Crippen molar-refractivity contribution in [2.24, 2.45) is 0 Å². The topological polar surface area (TPSA) is 76.1 Å². The molecule has 6 nitrogen and oxygen atoms in total. The van der Waals surface area contributed by atoms with Crippen molar-refractivity contribution < 1.29 is 33.0 Å². The Balaban J connectivity index is 1.88. The van der Waals surface area contributed by atoms with Crippen LogP contribution in [-0.4, -0.2) is 30.0 Å². The molecule has 0 aromatic heterocycles. The van der Waals surface area contributed by atoms with E-state index >= 15 is 0 Å². The first-order chi connectivity index (χ1) is 17.3. The molecule has 36 heavy (non-hydrogen) atoms. The predicted molar refractivity (Wildman–Crippen MR) is 131 cm³/mol. The van der Waals surface area contributed by atoms with E-state index in [0.29, 0.717) is 30.3 Å². The molecule has 0 bridgehead atoms. The Hall–Kier alpha value is -4.20. The number of carbonyl (C=O) groups is 2. The normalized spacial score (nSPS) is 16.9. The van der Waals surface area contributed by atoms with Gasteiger partial charge in [-0.05, 0) is 55.3 Å². The number of benzene rings is 3. The van der Waals surface area contributed by atoms with Crippen molar-refractivity contribution in [2.75, 3.05) is 18.1 Å². The van der Waals surface area contributed by atoms with Crippen LogP contribution in [0.5, 0.6) is 11.5 Å². The van der Waals surface area contributed by atoms with Crippen molar-refractivity contribution in [3.8, 4) is 11.5 Å². The number of halogens is 2. The third-order valence-corrected chi connectivity index (χ3v) is 5.71. The molecule has 1 aliphatic heterocycles. The molecule has 3 aromatic carbocycles. The fourth-order valence-electron chi connectivity index (χ4n) is 4.07. The summed E-state index contributed by atoms with van der Waals surface area (Å²) in [6, 6.07) is 15.1. The highest BCUT2D eigenvalue weighted by Gasteiger charge is 2.47. The Morgan fingerprint density at radius 1 is 0.917 bits per heavy atom. The average molecular weight is 494 g/mol. The third kappa shape index (κ3) is 4.79. The number of carbonyl (C=O) groups excluding carboxylic acids is 2. The van der Waals surface area contributed by atoms with Crippen molar-refractivity contribution in [1.29, 1.82) is 0 Å². The van der Waals surface area contributed by atoms with Gasteiger partial charge in [0.05, 0.1) is 24.8 Å². The number of ether oxygens (including phenoxy) is 2. The Bertz CT molecular complexity index is 1320. The number of rotatable bonds is 8. The fourth-order valence-corrected chi connectivity index (χ4v) is 4.07. The van der Waals surface area contributed by atoms with Gasteiger partial charge in [0.15, 0.2) is 11.6 Å². The van der Waals surface area contributed by atoms with Gasteiger partial charge in [-0.1, -0.05) is 31.2 Å². The number of hydrogen-bond donors (Lipinski definition) is 1. The van der Waals surface area contributed by atoms with Crippen LogP contribution in [-0.2, 0) is 9.59 Å². The Morgan fingerprint density at radius 3 is 2.33 bits per heavy atom. The minimum atomic E-state index is -1.17. The highest BCUT2D eigenvalue weighted by molar-refractivity contribution is 6.51. The lowest BCUT2D eigenvalue weighted by molar-refractivity contribution is -0.132. The molecular formula is C28H25F2NO5. The highest BCUT2D eigenvalue weighted by Crippen LogP contribution is 2.43. The number of Topliss-reactive ketones (excluding diaryl/α,β-unsaturated/α-hetero) is 1. The van der Waals surface area contributed by atoms with Crippen LogP contribution in [0.3, 0.4) is 0 Å². The van der Waals surface area contributed by atoms with E-state index in [4.69, 9.17) is 9.47 Å². The molecule has 0 aliphatic carbocycles. The second-order valence-electron chi connectivity index (χ2n) is 8.15. The van der Waals surface area contributed by atoms with Crippen molar-refractivity contribution >= 4 is 23.1 Å². The second kappa shape index (κ2) is 10.6. The van der Waals surface area contributed by atoms with E-state index in [9.17, 15) is 23.5 Å². The molecule has 8 heteroatoms. The lowest BCUT2D eigenvalue weighted by Crippen LogP contribution is -2.29. The zero-order chi connectivity index (χ0) is 25.8. The van der Waals surface area contributed by atoms with Gasteiger partial charge >= 0.3 is 0 Å². The van der Waals surface area contributed by atoms with Crippen LogP contribution in [0, 0.1) is 11.6 Å². The first kappa shape index (κ1) is 24.9. The van der Waals surface area contributed by atoms with Gasteiger partial charge in [0, 0.05) is 17.3 Å². The van der Waals surface area contributed by atoms with Crippen LogP contribution in [0.2, 0.25) is 0 Å². The molecule has 0 spiro atoms. The Kier molecular flexibility index (Phi) is 7.33. The van der Waals surface area contributed by atoms with E-state index in [1.807, 2.05) is 13.8 Å². The predicted octanol–water partition coefficient (Wildman–Crippen LogP) is 5.78. The summed E-state index contributed by atoms with van der Waals surface area (Å²) >= 11 is 0. The molecule has 1 saturated heterocycles. The van der Waals surface area contributed by atoms with E-state index in [-0.39, 0.29) is 16.8 Å². The zero-order valence-electron chi connectivity index (χ0n) is 19.8. The molecule has 1 aliphatic rings. The molecule has 186 valence electrons. The van der Waals surface area contributed by atoms with Gasteiger partial charge in [-0.25, -0.2) is 8.78 Å². The van der Waals surface area contributed by atoms with Crippen molar-refractivity contribution in [2.45, 2.75) is 26.3 Å². The van der Waals surface area contributed by atoms with Crippen LogP contribution in [0.25, 0.3) is 5.76 Å². The zero-order valence-corrected chi connectivity index (χ0v) is 19.8. The maximum Gasteiger partial charge on any atom is 0.300 e. The van der Waals surface area contributed by atoms with Gasteiger partial charge in [-0.2, -0.15) is 0 Å². The maximum absolute atomic E-state index is 14.1. The van der Waals surface area contributed by atoms with E-state index in [0.717, 1.165) is 23.5 Å². The number of aliphatic hydroxyl groups is 1. The van der Waals surface area contributed by atoms with Crippen LogP contribution >= 0.6 is 0 Å². The van der Waals surface area contributed by atoms with Crippen LogP contribution < -0.4 is 14.4 Å². The molecule has 1 N–H and O–H groups in total. The van der Waals surface area contributed by atoms with Crippen molar-refractivity contribution in [1.82, 2.24) is 0 Å². The lowest BCUT2D eigenvalue weighted by atomic mass is 9.95. The van der Waals surface area contributed by atoms with Gasteiger partial charge in [-0.15, -0.1) is 0 Å². The van der Waals surface area contributed by atoms with Gasteiger partial charge < -0.3 is 14.6 Å². The second-order valence-corrected chi connectivity index (χ2v) is 8.15.